The highest BCUT2D eigenvalue weighted by Crippen LogP contribution is 2.34. The van der Waals surface area contributed by atoms with Gasteiger partial charge in [0.15, 0.2) is 0 Å². The van der Waals surface area contributed by atoms with Crippen molar-refractivity contribution in [2.24, 2.45) is 5.92 Å². The van der Waals surface area contributed by atoms with Gasteiger partial charge in [-0.15, -0.1) is 0 Å². The first kappa shape index (κ1) is 16.9. The first-order chi connectivity index (χ1) is 10.9. The molecular weight excluding hydrogens is 300 g/mol. The second kappa shape index (κ2) is 7.21. The lowest BCUT2D eigenvalue weighted by molar-refractivity contribution is -0.497. The van der Waals surface area contributed by atoms with Crippen LogP contribution in [0.15, 0.2) is 30.3 Å². The van der Waals surface area contributed by atoms with Gasteiger partial charge in [0.25, 0.3) is 0 Å². The van der Waals surface area contributed by atoms with E-state index in [9.17, 15) is 19.7 Å². The highest BCUT2D eigenvalue weighted by atomic mass is 16.6. The van der Waals surface area contributed by atoms with E-state index in [0.29, 0.717) is 0 Å². The molecule has 1 aromatic rings. The molecule has 23 heavy (non-hydrogen) atoms. The predicted molar refractivity (Wildman–Crippen MR) is 82.1 cm³/mol. The van der Waals surface area contributed by atoms with Crippen molar-refractivity contribution in [1.82, 2.24) is 5.32 Å². The van der Waals surface area contributed by atoms with Crippen molar-refractivity contribution in [3.05, 3.63) is 46.0 Å². The average Bonchev–Trinajstić information content (AvgIpc) is 3.27. The van der Waals surface area contributed by atoms with E-state index < -0.39 is 34.8 Å². The second-order valence-electron chi connectivity index (χ2n) is 5.91. The molecule has 7 nitrogen and oxygen atoms in total. The maximum atomic E-state index is 12.1. The molecule has 0 radical (unpaired) electrons. The molecule has 3 atom stereocenters. The van der Waals surface area contributed by atoms with Gasteiger partial charge in [0.05, 0.1) is 18.6 Å². The molecule has 0 saturated heterocycles. The number of benzene rings is 1. The Hall–Kier alpha value is -2.44. The smallest absolute Gasteiger partial charge is 0.308 e. The summed E-state index contributed by atoms with van der Waals surface area (Å²) in [6, 6.07) is 7.67. The lowest BCUT2D eigenvalue weighted by Gasteiger charge is -2.19. The molecule has 7 heteroatoms. The molecule has 124 valence electrons. The predicted octanol–water partition coefficient (Wildman–Crippen LogP) is 1.85. The molecule has 1 saturated carbocycles. The Balaban J connectivity index is 2.04. The van der Waals surface area contributed by atoms with Crippen LogP contribution in [0.1, 0.15) is 38.3 Å². The number of carbonyl (C=O) groups excluding carboxylic acids is 2. The second-order valence-corrected chi connectivity index (χ2v) is 5.91. The minimum absolute atomic E-state index is 0.0101. The zero-order chi connectivity index (χ0) is 17.0. The monoisotopic (exact) mass is 320 g/mol. The molecule has 1 N–H and O–H groups in total. The summed E-state index contributed by atoms with van der Waals surface area (Å²) in [6.07, 6.45) is -0.00229. The quantitative estimate of drug-likeness (QED) is 0.469. The summed E-state index contributed by atoms with van der Waals surface area (Å²) < 4.78 is 5.12. The van der Waals surface area contributed by atoms with Crippen molar-refractivity contribution < 1.29 is 19.2 Å². The first-order valence-electron chi connectivity index (χ1n) is 7.56. The summed E-state index contributed by atoms with van der Waals surface area (Å²) in [5.41, 5.74) is 0.764. The third-order valence-electron chi connectivity index (χ3n) is 3.62. The van der Waals surface area contributed by atoms with E-state index in [2.05, 4.69) is 5.32 Å². The number of ether oxygens (including phenoxy) is 1. The molecule has 2 rings (SSSR count). The molecule has 1 aliphatic rings. The van der Waals surface area contributed by atoms with Crippen LogP contribution in [0.25, 0.3) is 0 Å². The van der Waals surface area contributed by atoms with Gasteiger partial charge >= 0.3 is 5.97 Å². The van der Waals surface area contributed by atoms with Crippen LogP contribution >= 0.6 is 0 Å². The van der Waals surface area contributed by atoms with Crippen molar-refractivity contribution in [2.45, 2.75) is 44.9 Å². The molecule has 0 heterocycles. The Morgan fingerprint density at radius 1 is 1.35 bits per heavy atom. The van der Waals surface area contributed by atoms with Gasteiger partial charge in [-0.25, -0.2) is 0 Å². The minimum atomic E-state index is -0.811. The van der Waals surface area contributed by atoms with Gasteiger partial charge < -0.3 is 10.1 Å². The van der Waals surface area contributed by atoms with Gasteiger partial charge in [0.2, 0.25) is 11.9 Å². The Kier molecular flexibility index (Phi) is 5.31. The van der Waals surface area contributed by atoms with Gasteiger partial charge in [-0.3, -0.25) is 19.7 Å². The number of hydrogen-bond acceptors (Lipinski definition) is 5. The molecule has 0 spiro atoms. The number of nitrogens with zero attached hydrogens (tertiary/aromatic N) is 1. The molecule has 1 aliphatic carbocycles. The normalized spacial score (nSPS) is 20.7. The number of nitro groups is 1. The van der Waals surface area contributed by atoms with Gasteiger partial charge in [-0.2, -0.15) is 0 Å². The molecule has 1 aromatic carbocycles. The number of hydrogen-bond donors (Lipinski definition) is 1. The Morgan fingerprint density at radius 3 is 2.52 bits per heavy atom. The molecule has 0 aromatic heterocycles. The first-order valence-corrected chi connectivity index (χ1v) is 7.56. The fourth-order valence-corrected chi connectivity index (χ4v) is 2.39. The molecule has 0 bridgehead atoms. The summed E-state index contributed by atoms with van der Waals surface area (Å²) in [4.78, 5) is 34.3. The molecule has 0 unspecified atom stereocenters. The highest BCUT2D eigenvalue weighted by molar-refractivity contribution is 5.83. The summed E-state index contributed by atoms with van der Waals surface area (Å²) in [7, 11) is 0. The maximum absolute atomic E-state index is 12.1. The Bertz CT molecular complexity index is 587. The van der Waals surface area contributed by atoms with Gasteiger partial charge in [0, 0.05) is 11.3 Å². The van der Waals surface area contributed by atoms with Crippen molar-refractivity contribution in [3.8, 4) is 0 Å². The number of carbonyl (C=O) groups is 2. The maximum Gasteiger partial charge on any atom is 0.308 e. The summed E-state index contributed by atoms with van der Waals surface area (Å²) in [5.74, 6) is -1.42. The standard InChI is InChI=1S/C16H20N2O5/c1-10(2)23-15(19)9-13(11-6-4-3-5-7-11)17-16(20)12-8-14(12)18(21)22/h3-7,10,12-14H,8-9H2,1-2H3,(H,17,20)/t12-,13+,14+/m1/s1. The van der Waals surface area contributed by atoms with Crippen LogP contribution in [0, 0.1) is 16.0 Å². The summed E-state index contributed by atoms with van der Waals surface area (Å²) >= 11 is 0. The van der Waals surface area contributed by atoms with Crippen molar-refractivity contribution in [1.29, 1.82) is 0 Å². The highest BCUT2D eigenvalue weighted by Gasteiger charge is 2.53. The third-order valence-corrected chi connectivity index (χ3v) is 3.62. The zero-order valence-electron chi connectivity index (χ0n) is 13.1. The van der Waals surface area contributed by atoms with Crippen LogP contribution in [0.2, 0.25) is 0 Å². The lowest BCUT2D eigenvalue weighted by atomic mass is 10.0. The van der Waals surface area contributed by atoms with Gasteiger partial charge in [0.1, 0.15) is 5.92 Å². The largest absolute Gasteiger partial charge is 0.463 e. The van der Waals surface area contributed by atoms with Gasteiger partial charge in [-0.1, -0.05) is 30.3 Å². The molecule has 0 aliphatic heterocycles. The Morgan fingerprint density at radius 2 is 2.00 bits per heavy atom. The van der Waals surface area contributed by atoms with Crippen LogP contribution in [-0.2, 0) is 14.3 Å². The van der Waals surface area contributed by atoms with E-state index in [-0.39, 0.29) is 18.9 Å². The SMILES string of the molecule is CC(C)OC(=O)C[C@H](NC(=O)[C@@H]1C[C@@H]1[N+](=O)[O-])c1ccccc1. The fourth-order valence-electron chi connectivity index (χ4n) is 2.39. The number of esters is 1. The Labute approximate surface area is 134 Å². The van der Waals surface area contributed by atoms with E-state index in [0.717, 1.165) is 5.56 Å². The summed E-state index contributed by atoms with van der Waals surface area (Å²) in [6.45, 7) is 3.50. The van der Waals surface area contributed by atoms with Crippen molar-refractivity contribution in [2.75, 3.05) is 0 Å². The van der Waals surface area contributed by atoms with Crippen LogP contribution < -0.4 is 5.32 Å². The molecule has 1 amide bonds. The van der Waals surface area contributed by atoms with Crippen LogP contribution in [0.3, 0.4) is 0 Å². The van der Waals surface area contributed by atoms with E-state index in [1.807, 2.05) is 6.07 Å². The van der Waals surface area contributed by atoms with Crippen LogP contribution in [0.5, 0.6) is 0 Å². The van der Waals surface area contributed by atoms with Crippen molar-refractivity contribution in [3.63, 3.8) is 0 Å². The number of rotatable bonds is 7. The lowest BCUT2D eigenvalue weighted by Crippen LogP contribution is -2.33. The van der Waals surface area contributed by atoms with Crippen LogP contribution in [0.4, 0.5) is 0 Å². The topological polar surface area (TPSA) is 98.5 Å². The average molecular weight is 320 g/mol. The summed E-state index contributed by atoms with van der Waals surface area (Å²) in [5, 5.41) is 13.4. The fraction of sp³-hybridized carbons (Fsp3) is 0.500. The van der Waals surface area contributed by atoms with E-state index in [4.69, 9.17) is 4.74 Å². The molecular formula is C16H20N2O5. The zero-order valence-corrected chi connectivity index (χ0v) is 13.1. The van der Waals surface area contributed by atoms with Crippen molar-refractivity contribution >= 4 is 11.9 Å². The van der Waals surface area contributed by atoms with E-state index >= 15 is 0 Å². The number of amides is 1. The van der Waals surface area contributed by atoms with Crippen LogP contribution in [-0.4, -0.2) is 28.9 Å². The minimum Gasteiger partial charge on any atom is -0.463 e. The molecule has 1 fully saturated rings. The number of nitrogens with one attached hydrogen (secondary N) is 1. The van der Waals surface area contributed by atoms with E-state index in [1.165, 1.54) is 0 Å². The van der Waals surface area contributed by atoms with E-state index in [1.54, 1.807) is 38.1 Å². The van der Waals surface area contributed by atoms with Gasteiger partial charge in [-0.05, 0) is 19.4 Å². The third kappa shape index (κ3) is 4.77.